The Kier molecular flexibility index (Phi) is 4.31. The lowest BCUT2D eigenvalue weighted by atomic mass is 10.0. The highest BCUT2D eigenvalue weighted by Gasteiger charge is 2.75. The average Bonchev–Trinajstić information content (AvgIpc) is 2.15. The predicted octanol–water partition coefficient (Wildman–Crippen LogP) is 2.62. The summed E-state index contributed by atoms with van der Waals surface area (Å²) in [7, 11) is 0. The van der Waals surface area contributed by atoms with E-state index in [0.29, 0.717) is 0 Å². The van der Waals surface area contributed by atoms with Crippen molar-refractivity contribution >= 4 is 11.7 Å². The largest absolute Gasteiger partial charge is 0.460 e. The maximum atomic E-state index is 12.6. The van der Waals surface area contributed by atoms with Crippen LogP contribution in [-0.4, -0.2) is 29.7 Å². The molecule has 18 heavy (non-hydrogen) atoms. The second-order valence-electron chi connectivity index (χ2n) is 2.83. The molecule has 12 heteroatoms. The van der Waals surface area contributed by atoms with E-state index < -0.39 is 36.1 Å². The minimum atomic E-state index is -6.67. The van der Waals surface area contributed by atoms with Crippen LogP contribution in [0.2, 0.25) is 0 Å². The summed E-state index contributed by atoms with van der Waals surface area (Å²) in [4.78, 5) is 22.6. The third-order valence-electron chi connectivity index (χ3n) is 1.57. The minimum absolute atomic E-state index is 1.75. The van der Waals surface area contributed by atoms with Crippen LogP contribution < -0.4 is 0 Å². The highest BCUT2D eigenvalue weighted by atomic mass is 19.4. The van der Waals surface area contributed by atoms with E-state index in [1.54, 1.807) is 4.91 Å². The molecule has 0 aliphatic rings. The lowest BCUT2D eigenvalue weighted by Crippen LogP contribution is -2.56. The van der Waals surface area contributed by atoms with Crippen LogP contribution in [0.25, 0.3) is 10.4 Å². The first-order valence-electron chi connectivity index (χ1n) is 3.81. The standard InChI is InChI=1S/C6H2F7N3O2/c7-4(8,5(9,10)6(11,12)13)2(17)1-3(18)15-16-14/h1H2. The summed E-state index contributed by atoms with van der Waals surface area (Å²) in [6.45, 7) is 0. The fourth-order valence-electron chi connectivity index (χ4n) is 0.687. The molecular formula is C6H2F7N3O2. The Morgan fingerprint density at radius 1 is 1.06 bits per heavy atom. The summed E-state index contributed by atoms with van der Waals surface area (Å²) in [5, 5.41) is 2.08. The topological polar surface area (TPSA) is 82.9 Å². The molecule has 0 aromatic rings. The molecule has 0 saturated heterocycles. The van der Waals surface area contributed by atoms with Crippen molar-refractivity contribution < 1.29 is 40.3 Å². The Morgan fingerprint density at radius 3 is 1.83 bits per heavy atom. The van der Waals surface area contributed by atoms with E-state index in [1.807, 2.05) is 0 Å². The number of nitrogens with zero attached hydrogens (tertiary/aromatic N) is 3. The van der Waals surface area contributed by atoms with Gasteiger partial charge in [0, 0.05) is 4.91 Å². The molecule has 0 saturated carbocycles. The number of Topliss-reactive ketones (excluding diaryl/α,β-unsaturated/α-hetero) is 1. The molecule has 0 N–H and O–H groups in total. The van der Waals surface area contributed by atoms with Crippen LogP contribution in [-0.2, 0) is 9.59 Å². The van der Waals surface area contributed by atoms with Crippen LogP contribution >= 0.6 is 0 Å². The lowest BCUT2D eigenvalue weighted by Gasteiger charge is -2.26. The molecule has 0 aliphatic heterocycles. The van der Waals surface area contributed by atoms with Gasteiger partial charge >= 0.3 is 18.0 Å². The van der Waals surface area contributed by atoms with Crippen molar-refractivity contribution in [1.82, 2.24) is 0 Å². The van der Waals surface area contributed by atoms with E-state index in [9.17, 15) is 40.3 Å². The number of ketones is 1. The number of rotatable bonds is 4. The molecule has 102 valence electrons. The van der Waals surface area contributed by atoms with Gasteiger partial charge < -0.3 is 0 Å². The van der Waals surface area contributed by atoms with Crippen molar-refractivity contribution in [1.29, 1.82) is 0 Å². The van der Waals surface area contributed by atoms with Crippen LogP contribution in [0, 0.1) is 0 Å². The Labute approximate surface area is 93.2 Å². The highest BCUT2D eigenvalue weighted by molar-refractivity contribution is 6.02. The molecule has 0 aromatic carbocycles. The molecule has 1 amide bonds. The smallest absolute Gasteiger partial charge is 0.292 e. The quantitative estimate of drug-likeness (QED) is 0.261. The van der Waals surface area contributed by atoms with Gasteiger partial charge in [-0.1, -0.05) is 0 Å². The minimum Gasteiger partial charge on any atom is -0.292 e. The molecule has 0 atom stereocenters. The maximum absolute atomic E-state index is 12.6. The fraction of sp³-hybridized carbons (Fsp3) is 0.667. The highest BCUT2D eigenvalue weighted by Crippen LogP contribution is 2.47. The SMILES string of the molecule is [N-]=[N+]=NC(=O)CC(=O)C(F)(F)C(F)(F)C(F)(F)F. The summed E-state index contributed by atoms with van der Waals surface area (Å²) < 4.78 is 84.6. The Balaban J connectivity index is 5.21. The van der Waals surface area contributed by atoms with E-state index in [1.165, 1.54) is 0 Å². The van der Waals surface area contributed by atoms with Crippen LogP contribution in [0.1, 0.15) is 6.42 Å². The van der Waals surface area contributed by atoms with Crippen LogP contribution in [0.4, 0.5) is 30.7 Å². The van der Waals surface area contributed by atoms with Crippen LogP contribution in [0.3, 0.4) is 0 Å². The Bertz CT molecular complexity index is 410. The maximum Gasteiger partial charge on any atom is 0.460 e. The number of amides is 1. The third-order valence-corrected chi connectivity index (χ3v) is 1.57. The Morgan fingerprint density at radius 2 is 1.50 bits per heavy atom. The summed E-state index contributed by atoms with van der Waals surface area (Å²) in [5.74, 6) is -17.7. The molecule has 0 rings (SSSR count). The van der Waals surface area contributed by atoms with Gasteiger partial charge in [-0.15, -0.1) is 0 Å². The van der Waals surface area contributed by atoms with E-state index in [4.69, 9.17) is 5.53 Å². The summed E-state index contributed by atoms with van der Waals surface area (Å²) in [5.41, 5.74) is 7.65. The van der Waals surface area contributed by atoms with Crippen molar-refractivity contribution in [2.24, 2.45) is 5.11 Å². The number of carbonyl (C=O) groups is 2. The number of azide groups is 1. The van der Waals surface area contributed by atoms with Gasteiger partial charge in [-0.3, -0.25) is 9.59 Å². The third kappa shape index (κ3) is 2.88. The molecule has 0 radical (unpaired) electrons. The molecule has 0 unspecified atom stereocenters. The van der Waals surface area contributed by atoms with Gasteiger partial charge in [0.15, 0.2) is 0 Å². The molecular weight excluding hydrogens is 279 g/mol. The average molecular weight is 281 g/mol. The summed E-state index contributed by atoms with van der Waals surface area (Å²) >= 11 is 0. The van der Waals surface area contributed by atoms with Gasteiger partial charge in [0.25, 0.3) is 0 Å². The first-order chi connectivity index (χ1) is 7.88. The van der Waals surface area contributed by atoms with Gasteiger partial charge in [0.1, 0.15) is 0 Å². The monoisotopic (exact) mass is 281 g/mol. The molecule has 0 aromatic heterocycles. The van der Waals surface area contributed by atoms with Crippen molar-refractivity contribution in [3.05, 3.63) is 10.4 Å². The number of halogens is 7. The van der Waals surface area contributed by atoms with Gasteiger partial charge in [-0.2, -0.15) is 30.7 Å². The molecule has 0 aliphatic carbocycles. The molecule has 5 nitrogen and oxygen atoms in total. The van der Waals surface area contributed by atoms with Gasteiger partial charge in [-0.25, -0.2) is 0 Å². The zero-order valence-corrected chi connectivity index (χ0v) is 8.01. The molecule has 0 heterocycles. The number of hydrogen-bond donors (Lipinski definition) is 0. The molecule has 0 spiro atoms. The molecule has 0 bridgehead atoms. The van der Waals surface area contributed by atoms with E-state index in [0.717, 1.165) is 0 Å². The predicted molar refractivity (Wildman–Crippen MR) is 39.7 cm³/mol. The number of hydrogen-bond acceptors (Lipinski definition) is 2. The zero-order valence-electron chi connectivity index (χ0n) is 8.01. The van der Waals surface area contributed by atoms with Crippen molar-refractivity contribution in [3.8, 4) is 0 Å². The van der Waals surface area contributed by atoms with E-state index >= 15 is 0 Å². The number of carbonyl (C=O) groups excluding carboxylic acids is 2. The summed E-state index contributed by atoms with van der Waals surface area (Å²) in [6, 6.07) is 0. The van der Waals surface area contributed by atoms with Crippen molar-refractivity contribution in [2.45, 2.75) is 24.4 Å². The first-order valence-corrected chi connectivity index (χ1v) is 3.81. The fourth-order valence-corrected chi connectivity index (χ4v) is 0.687. The van der Waals surface area contributed by atoms with Gasteiger partial charge in [0.2, 0.25) is 11.7 Å². The van der Waals surface area contributed by atoms with Gasteiger partial charge in [0.05, 0.1) is 6.42 Å². The zero-order chi connectivity index (χ0) is 14.8. The van der Waals surface area contributed by atoms with Gasteiger partial charge in [-0.05, 0) is 10.6 Å². The second kappa shape index (κ2) is 4.80. The van der Waals surface area contributed by atoms with Crippen LogP contribution in [0.15, 0.2) is 5.11 Å². The first kappa shape index (κ1) is 16.2. The second-order valence-corrected chi connectivity index (χ2v) is 2.83. The summed E-state index contributed by atoms with van der Waals surface area (Å²) in [6.07, 6.45) is -8.74. The normalized spacial score (nSPS) is 12.8. The lowest BCUT2D eigenvalue weighted by molar-refractivity contribution is -0.343. The van der Waals surface area contributed by atoms with Crippen molar-refractivity contribution in [3.63, 3.8) is 0 Å². The van der Waals surface area contributed by atoms with Crippen molar-refractivity contribution in [2.75, 3.05) is 0 Å². The number of alkyl halides is 7. The Hall–Kier alpha value is -1.84. The van der Waals surface area contributed by atoms with E-state index in [-0.39, 0.29) is 0 Å². The molecule has 0 fully saturated rings. The van der Waals surface area contributed by atoms with Crippen LogP contribution in [0.5, 0.6) is 0 Å². The van der Waals surface area contributed by atoms with E-state index in [2.05, 4.69) is 5.11 Å².